The minimum atomic E-state index is -0.425. The summed E-state index contributed by atoms with van der Waals surface area (Å²) in [5.74, 6) is 0.628. The monoisotopic (exact) mass is 286 g/mol. The van der Waals surface area contributed by atoms with Gasteiger partial charge in [0, 0.05) is 24.4 Å². The second-order valence-corrected chi connectivity index (χ2v) is 4.58. The van der Waals surface area contributed by atoms with Gasteiger partial charge in [-0.05, 0) is 36.2 Å². The van der Waals surface area contributed by atoms with Gasteiger partial charge in [0.2, 0.25) is 0 Å². The van der Waals surface area contributed by atoms with Crippen molar-refractivity contribution in [2.75, 3.05) is 18.5 Å². The lowest BCUT2D eigenvalue weighted by Crippen LogP contribution is -2.11. The van der Waals surface area contributed by atoms with E-state index in [9.17, 15) is 10.1 Å². The second kappa shape index (κ2) is 7.28. The fourth-order valence-corrected chi connectivity index (χ4v) is 1.89. The third-order valence-corrected chi connectivity index (χ3v) is 3.11. The van der Waals surface area contributed by atoms with Crippen LogP contribution in [0.1, 0.15) is 12.5 Å². The summed E-state index contributed by atoms with van der Waals surface area (Å²) in [6, 6.07) is 14.4. The number of benzene rings is 2. The molecule has 5 heteroatoms. The first-order chi connectivity index (χ1) is 10.2. The summed E-state index contributed by atoms with van der Waals surface area (Å²) in [6.07, 6.45) is 1.03. The van der Waals surface area contributed by atoms with Crippen LogP contribution in [0.2, 0.25) is 0 Å². The molecule has 0 aromatic heterocycles. The van der Waals surface area contributed by atoms with E-state index >= 15 is 0 Å². The number of nitrogens with zero attached hydrogens (tertiary/aromatic N) is 1. The number of nitrogens with one attached hydrogen (secondary N) is 1. The maximum Gasteiger partial charge on any atom is 0.269 e. The van der Waals surface area contributed by atoms with E-state index in [4.69, 9.17) is 4.74 Å². The topological polar surface area (TPSA) is 64.4 Å². The number of ether oxygens (including phenoxy) is 1. The van der Waals surface area contributed by atoms with Crippen LogP contribution in [0.15, 0.2) is 48.5 Å². The summed E-state index contributed by atoms with van der Waals surface area (Å²) in [5, 5.41) is 13.8. The molecule has 0 radical (unpaired) electrons. The van der Waals surface area contributed by atoms with Crippen LogP contribution in [0, 0.1) is 10.1 Å². The van der Waals surface area contributed by atoms with Crippen molar-refractivity contribution < 1.29 is 9.66 Å². The summed E-state index contributed by atoms with van der Waals surface area (Å²) in [7, 11) is 0. The first kappa shape index (κ1) is 14.8. The molecule has 0 atom stereocenters. The Balaban J connectivity index is 1.74. The van der Waals surface area contributed by atoms with E-state index in [1.165, 1.54) is 17.7 Å². The van der Waals surface area contributed by atoms with Gasteiger partial charge in [-0.25, -0.2) is 0 Å². The van der Waals surface area contributed by atoms with Crippen molar-refractivity contribution in [2.45, 2.75) is 13.3 Å². The van der Waals surface area contributed by atoms with Crippen molar-refractivity contribution in [1.82, 2.24) is 0 Å². The SMILES string of the molecule is CCc1ccc(NCCOc2ccc([N+](=O)[O-])cc2)cc1. The molecule has 1 N–H and O–H groups in total. The van der Waals surface area contributed by atoms with Crippen LogP contribution < -0.4 is 10.1 Å². The van der Waals surface area contributed by atoms with E-state index in [1.807, 2.05) is 12.1 Å². The Morgan fingerprint density at radius 1 is 1.10 bits per heavy atom. The van der Waals surface area contributed by atoms with Crippen LogP contribution in [-0.2, 0) is 6.42 Å². The molecule has 0 spiro atoms. The van der Waals surface area contributed by atoms with Gasteiger partial charge in [0.15, 0.2) is 0 Å². The number of nitro groups is 1. The molecule has 0 aliphatic rings. The molecule has 5 nitrogen and oxygen atoms in total. The van der Waals surface area contributed by atoms with Gasteiger partial charge in [0.25, 0.3) is 5.69 Å². The Morgan fingerprint density at radius 3 is 2.33 bits per heavy atom. The van der Waals surface area contributed by atoms with Crippen molar-refractivity contribution >= 4 is 11.4 Å². The molecule has 110 valence electrons. The van der Waals surface area contributed by atoms with E-state index in [0.717, 1.165) is 12.1 Å². The Kier molecular flexibility index (Phi) is 5.15. The standard InChI is InChI=1S/C16H18N2O3/c1-2-13-3-5-14(6-4-13)17-11-12-21-16-9-7-15(8-10-16)18(19)20/h3-10,17H,2,11-12H2,1H3. The molecule has 0 bridgehead atoms. The molecule has 0 saturated carbocycles. The van der Waals surface area contributed by atoms with Gasteiger partial charge in [-0.2, -0.15) is 0 Å². The van der Waals surface area contributed by atoms with Crippen molar-refractivity contribution in [2.24, 2.45) is 0 Å². The van der Waals surface area contributed by atoms with Crippen LogP contribution in [0.3, 0.4) is 0 Å². The van der Waals surface area contributed by atoms with E-state index in [0.29, 0.717) is 18.9 Å². The Bertz CT molecular complexity index is 579. The number of anilines is 1. The number of rotatable bonds is 7. The van der Waals surface area contributed by atoms with E-state index in [2.05, 4.69) is 24.4 Å². The van der Waals surface area contributed by atoms with Gasteiger partial charge in [-0.1, -0.05) is 19.1 Å². The molecule has 21 heavy (non-hydrogen) atoms. The quantitative estimate of drug-likeness (QED) is 0.479. The van der Waals surface area contributed by atoms with Crippen molar-refractivity contribution in [3.8, 4) is 5.75 Å². The highest BCUT2D eigenvalue weighted by Gasteiger charge is 2.03. The highest BCUT2D eigenvalue weighted by atomic mass is 16.6. The summed E-state index contributed by atoms with van der Waals surface area (Å²) in [4.78, 5) is 10.1. The van der Waals surface area contributed by atoms with Crippen LogP contribution in [-0.4, -0.2) is 18.1 Å². The molecule has 2 rings (SSSR count). The zero-order valence-electron chi connectivity index (χ0n) is 11.9. The van der Waals surface area contributed by atoms with Crippen LogP contribution in [0.5, 0.6) is 5.75 Å². The van der Waals surface area contributed by atoms with E-state index < -0.39 is 4.92 Å². The number of non-ortho nitro benzene ring substituents is 1. The number of hydrogen-bond donors (Lipinski definition) is 1. The molecule has 0 heterocycles. The number of aryl methyl sites for hydroxylation is 1. The minimum absolute atomic E-state index is 0.0662. The molecule has 2 aromatic carbocycles. The number of hydrogen-bond acceptors (Lipinski definition) is 4. The van der Waals surface area contributed by atoms with Gasteiger partial charge < -0.3 is 10.1 Å². The molecule has 0 amide bonds. The Morgan fingerprint density at radius 2 is 1.76 bits per heavy atom. The van der Waals surface area contributed by atoms with Gasteiger partial charge >= 0.3 is 0 Å². The minimum Gasteiger partial charge on any atom is -0.492 e. The van der Waals surface area contributed by atoms with Crippen LogP contribution >= 0.6 is 0 Å². The lowest BCUT2D eigenvalue weighted by Gasteiger charge is -2.09. The van der Waals surface area contributed by atoms with Crippen LogP contribution in [0.25, 0.3) is 0 Å². The highest BCUT2D eigenvalue weighted by molar-refractivity contribution is 5.44. The average Bonchev–Trinajstić information content (AvgIpc) is 2.52. The molecule has 0 saturated heterocycles. The van der Waals surface area contributed by atoms with Crippen molar-refractivity contribution in [1.29, 1.82) is 0 Å². The van der Waals surface area contributed by atoms with Gasteiger partial charge in [-0.15, -0.1) is 0 Å². The maximum absolute atomic E-state index is 10.5. The predicted molar refractivity (Wildman–Crippen MR) is 82.9 cm³/mol. The van der Waals surface area contributed by atoms with E-state index in [1.54, 1.807) is 12.1 Å². The summed E-state index contributed by atoms with van der Waals surface area (Å²) >= 11 is 0. The summed E-state index contributed by atoms with van der Waals surface area (Å²) in [6.45, 7) is 3.29. The molecule has 0 fully saturated rings. The second-order valence-electron chi connectivity index (χ2n) is 4.58. The smallest absolute Gasteiger partial charge is 0.269 e. The number of nitro benzene ring substituents is 1. The fraction of sp³-hybridized carbons (Fsp3) is 0.250. The highest BCUT2D eigenvalue weighted by Crippen LogP contribution is 2.17. The summed E-state index contributed by atoms with van der Waals surface area (Å²) < 4.78 is 5.52. The van der Waals surface area contributed by atoms with E-state index in [-0.39, 0.29) is 5.69 Å². The Labute approximate surface area is 123 Å². The van der Waals surface area contributed by atoms with Gasteiger partial charge in [0.05, 0.1) is 4.92 Å². The largest absolute Gasteiger partial charge is 0.492 e. The zero-order valence-corrected chi connectivity index (χ0v) is 11.9. The predicted octanol–water partition coefficient (Wildman–Crippen LogP) is 3.65. The first-order valence-electron chi connectivity index (χ1n) is 6.89. The lowest BCUT2D eigenvalue weighted by atomic mass is 10.1. The molecule has 0 aliphatic carbocycles. The Hall–Kier alpha value is -2.56. The molecule has 2 aromatic rings. The van der Waals surface area contributed by atoms with Gasteiger partial charge in [-0.3, -0.25) is 10.1 Å². The average molecular weight is 286 g/mol. The molecule has 0 unspecified atom stereocenters. The summed E-state index contributed by atoms with van der Waals surface area (Å²) in [5.41, 5.74) is 2.43. The van der Waals surface area contributed by atoms with Crippen molar-refractivity contribution in [3.63, 3.8) is 0 Å². The van der Waals surface area contributed by atoms with Crippen LogP contribution in [0.4, 0.5) is 11.4 Å². The maximum atomic E-state index is 10.5. The normalized spacial score (nSPS) is 10.1. The fourth-order valence-electron chi connectivity index (χ4n) is 1.89. The van der Waals surface area contributed by atoms with Gasteiger partial charge in [0.1, 0.15) is 12.4 Å². The van der Waals surface area contributed by atoms with Crippen molar-refractivity contribution in [3.05, 3.63) is 64.2 Å². The molecular formula is C16H18N2O3. The third-order valence-electron chi connectivity index (χ3n) is 3.11. The third kappa shape index (κ3) is 4.49. The first-order valence-corrected chi connectivity index (χ1v) is 6.89. The molecule has 0 aliphatic heterocycles. The lowest BCUT2D eigenvalue weighted by molar-refractivity contribution is -0.384. The zero-order chi connectivity index (χ0) is 15.1. The molecular weight excluding hydrogens is 268 g/mol.